The van der Waals surface area contributed by atoms with E-state index >= 15 is 0 Å². The van der Waals surface area contributed by atoms with Crippen molar-refractivity contribution in [2.45, 2.75) is 59.5 Å². The van der Waals surface area contributed by atoms with Gasteiger partial charge in [0.15, 0.2) is 0 Å². The smallest absolute Gasteiger partial charge is 0.0752 e. The quantitative estimate of drug-likeness (QED) is 0.500. The Morgan fingerprint density at radius 1 is 1.00 bits per heavy atom. The predicted octanol–water partition coefficient (Wildman–Crippen LogP) is 4.40. The highest BCUT2D eigenvalue weighted by atomic mass is 16.3. The summed E-state index contributed by atoms with van der Waals surface area (Å²) in [7, 11) is 0. The molecule has 1 atom stereocenters. The van der Waals surface area contributed by atoms with E-state index in [1.54, 1.807) is 0 Å². The summed E-state index contributed by atoms with van der Waals surface area (Å²) in [6, 6.07) is 0. The van der Waals surface area contributed by atoms with Gasteiger partial charge in [0, 0.05) is 0 Å². The predicted molar refractivity (Wildman–Crippen MR) is 72.5 cm³/mol. The van der Waals surface area contributed by atoms with Crippen LogP contribution in [0.2, 0.25) is 0 Å². The van der Waals surface area contributed by atoms with E-state index in [1.165, 1.54) is 5.57 Å². The van der Waals surface area contributed by atoms with Crippen molar-refractivity contribution in [2.24, 2.45) is 0 Å². The van der Waals surface area contributed by atoms with Gasteiger partial charge < -0.3 is 5.11 Å². The van der Waals surface area contributed by atoms with Gasteiger partial charge in [0.05, 0.1) is 6.10 Å². The Bertz CT molecular complexity index is 255. The number of unbranched alkanes of at least 4 members (excludes halogenated alkanes) is 1. The van der Waals surface area contributed by atoms with Gasteiger partial charge in [0.25, 0.3) is 0 Å². The van der Waals surface area contributed by atoms with Gasteiger partial charge in [-0.3, -0.25) is 0 Å². The van der Waals surface area contributed by atoms with Crippen LogP contribution in [0.5, 0.6) is 0 Å². The molecule has 0 saturated carbocycles. The standard InChI is InChI=1S/C15H26O/c1-5-6-7-8-9-10-11-12-15(16)14(4)13(2)3/h5-6,9-10,15-16H,7-8,11-12H2,1-4H3/b6-5+,10-9+. The second-order valence-electron chi connectivity index (χ2n) is 4.39. The highest BCUT2D eigenvalue weighted by Crippen LogP contribution is 2.12. The average molecular weight is 222 g/mol. The molecule has 0 aromatic rings. The molecule has 0 rings (SSSR count). The Labute approximate surface area is 101 Å². The van der Waals surface area contributed by atoms with Crippen molar-refractivity contribution < 1.29 is 5.11 Å². The van der Waals surface area contributed by atoms with E-state index < -0.39 is 0 Å². The zero-order valence-electron chi connectivity index (χ0n) is 11.2. The van der Waals surface area contributed by atoms with Crippen LogP contribution >= 0.6 is 0 Å². The zero-order valence-corrected chi connectivity index (χ0v) is 11.2. The molecule has 92 valence electrons. The van der Waals surface area contributed by atoms with E-state index in [9.17, 15) is 5.11 Å². The van der Waals surface area contributed by atoms with E-state index in [1.807, 2.05) is 27.7 Å². The summed E-state index contributed by atoms with van der Waals surface area (Å²) >= 11 is 0. The van der Waals surface area contributed by atoms with Crippen LogP contribution in [0.15, 0.2) is 35.5 Å². The third kappa shape index (κ3) is 7.47. The molecule has 0 heterocycles. The normalized spacial score (nSPS) is 13.6. The SMILES string of the molecule is C/C=C/CC/C=C/CCC(O)C(C)=C(C)C. The second kappa shape index (κ2) is 9.41. The van der Waals surface area contributed by atoms with Crippen LogP contribution in [0.4, 0.5) is 0 Å². The molecule has 0 aliphatic rings. The van der Waals surface area contributed by atoms with Crippen LogP contribution in [0.1, 0.15) is 53.4 Å². The van der Waals surface area contributed by atoms with Crippen LogP contribution in [-0.2, 0) is 0 Å². The van der Waals surface area contributed by atoms with Crippen molar-refractivity contribution >= 4 is 0 Å². The molecule has 1 unspecified atom stereocenters. The van der Waals surface area contributed by atoms with Crippen molar-refractivity contribution in [1.29, 1.82) is 0 Å². The third-order valence-electron chi connectivity index (χ3n) is 2.80. The van der Waals surface area contributed by atoms with Gasteiger partial charge in [-0.25, -0.2) is 0 Å². The summed E-state index contributed by atoms with van der Waals surface area (Å²) in [5, 5.41) is 9.83. The summed E-state index contributed by atoms with van der Waals surface area (Å²) in [6.45, 7) is 8.15. The van der Waals surface area contributed by atoms with Gasteiger partial charge in [0.2, 0.25) is 0 Å². The van der Waals surface area contributed by atoms with Crippen molar-refractivity contribution in [1.82, 2.24) is 0 Å². The lowest BCUT2D eigenvalue weighted by Gasteiger charge is -2.11. The minimum absolute atomic E-state index is 0.273. The molecule has 0 aliphatic carbocycles. The lowest BCUT2D eigenvalue weighted by atomic mass is 10.0. The van der Waals surface area contributed by atoms with Crippen LogP contribution in [-0.4, -0.2) is 11.2 Å². The van der Waals surface area contributed by atoms with Crippen molar-refractivity contribution in [3.63, 3.8) is 0 Å². The van der Waals surface area contributed by atoms with Gasteiger partial charge in [-0.2, -0.15) is 0 Å². The summed E-state index contributed by atoms with van der Waals surface area (Å²) in [5.74, 6) is 0. The molecule has 0 aromatic heterocycles. The molecule has 0 aliphatic heterocycles. The molecule has 0 bridgehead atoms. The van der Waals surface area contributed by atoms with Crippen molar-refractivity contribution in [3.8, 4) is 0 Å². The number of hydrogen-bond acceptors (Lipinski definition) is 1. The first-order valence-corrected chi connectivity index (χ1v) is 6.17. The first-order chi connectivity index (χ1) is 7.59. The Balaban J connectivity index is 3.70. The van der Waals surface area contributed by atoms with Crippen molar-refractivity contribution in [3.05, 3.63) is 35.5 Å². The van der Waals surface area contributed by atoms with E-state index in [0.29, 0.717) is 0 Å². The maximum Gasteiger partial charge on any atom is 0.0752 e. The lowest BCUT2D eigenvalue weighted by molar-refractivity contribution is 0.200. The minimum atomic E-state index is -0.273. The molecule has 0 saturated heterocycles. The van der Waals surface area contributed by atoms with E-state index in [4.69, 9.17) is 0 Å². The summed E-state index contributed by atoms with van der Waals surface area (Å²) in [6.07, 6.45) is 12.4. The molecule has 1 heteroatoms. The second-order valence-corrected chi connectivity index (χ2v) is 4.39. The van der Waals surface area contributed by atoms with Crippen LogP contribution in [0, 0.1) is 0 Å². The maximum absolute atomic E-state index is 9.83. The number of aliphatic hydroxyl groups excluding tert-OH is 1. The third-order valence-corrected chi connectivity index (χ3v) is 2.80. The van der Waals surface area contributed by atoms with Crippen LogP contribution < -0.4 is 0 Å². The highest BCUT2D eigenvalue weighted by Gasteiger charge is 2.05. The first kappa shape index (κ1) is 15.2. The van der Waals surface area contributed by atoms with Crippen LogP contribution in [0.3, 0.4) is 0 Å². The fourth-order valence-electron chi connectivity index (χ4n) is 1.40. The molecular weight excluding hydrogens is 196 g/mol. The minimum Gasteiger partial charge on any atom is -0.389 e. The van der Waals surface area contributed by atoms with E-state index in [0.717, 1.165) is 31.3 Å². The Morgan fingerprint density at radius 3 is 2.12 bits per heavy atom. The van der Waals surface area contributed by atoms with Gasteiger partial charge in [-0.05, 0) is 59.0 Å². The van der Waals surface area contributed by atoms with Crippen molar-refractivity contribution in [2.75, 3.05) is 0 Å². The fraction of sp³-hybridized carbons (Fsp3) is 0.600. The summed E-state index contributed by atoms with van der Waals surface area (Å²) < 4.78 is 0. The van der Waals surface area contributed by atoms with Gasteiger partial charge >= 0.3 is 0 Å². The first-order valence-electron chi connectivity index (χ1n) is 6.17. The molecular formula is C15H26O. The average Bonchev–Trinajstić information content (AvgIpc) is 2.26. The van der Waals surface area contributed by atoms with Gasteiger partial charge in [-0.15, -0.1) is 0 Å². The molecule has 0 aromatic carbocycles. The zero-order chi connectivity index (χ0) is 12.4. The molecule has 0 fully saturated rings. The Hall–Kier alpha value is -0.820. The Kier molecular flexibility index (Phi) is 8.93. The molecule has 0 radical (unpaired) electrons. The summed E-state index contributed by atoms with van der Waals surface area (Å²) in [5.41, 5.74) is 2.34. The largest absolute Gasteiger partial charge is 0.389 e. The fourth-order valence-corrected chi connectivity index (χ4v) is 1.40. The Morgan fingerprint density at radius 2 is 1.56 bits per heavy atom. The molecule has 16 heavy (non-hydrogen) atoms. The monoisotopic (exact) mass is 222 g/mol. The maximum atomic E-state index is 9.83. The molecule has 0 spiro atoms. The van der Waals surface area contributed by atoms with E-state index in [-0.39, 0.29) is 6.10 Å². The highest BCUT2D eigenvalue weighted by molar-refractivity contribution is 5.11. The number of allylic oxidation sites excluding steroid dienone is 5. The molecule has 1 nitrogen and oxygen atoms in total. The number of aliphatic hydroxyl groups is 1. The number of rotatable bonds is 7. The van der Waals surface area contributed by atoms with Gasteiger partial charge in [-0.1, -0.05) is 29.9 Å². The summed E-state index contributed by atoms with van der Waals surface area (Å²) in [4.78, 5) is 0. The molecule has 0 amide bonds. The van der Waals surface area contributed by atoms with E-state index in [2.05, 4.69) is 24.3 Å². The molecule has 1 N–H and O–H groups in total. The number of hydrogen-bond donors (Lipinski definition) is 1. The topological polar surface area (TPSA) is 20.2 Å². The van der Waals surface area contributed by atoms with Gasteiger partial charge in [0.1, 0.15) is 0 Å². The van der Waals surface area contributed by atoms with Crippen LogP contribution in [0.25, 0.3) is 0 Å². The lowest BCUT2D eigenvalue weighted by Crippen LogP contribution is -2.08.